The molecule has 0 saturated heterocycles. The normalized spacial score (nSPS) is 11.6. The van der Waals surface area contributed by atoms with E-state index < -0.39 is 12.8 Å². The summed E-state index contributed by atoms with van der Waals surface area (Å²) in [4.78, 5) is 4.46. The van der Waals surface area contributed by atoms with E-state index in [0.717, 1.165) is 24.3 Å². The molecule has 2 aromatic rings. The van der Waals surface area contributed by atoms with Crippen molar-refractivity contribution < 1.29 is 22.3 Å². The monoisotopic (exact) mass is 497 g/mol. The minimum absolute atomic E-state index is 0. The smallest absolute Gasteiger partial charge is 0.422 e. The van der Waals surface area contributed by atoms with Crippen LogP contribution in [-0.4, -0.2) is 31.8 Å². The lowest BCUT2D eigenvalue weighted by atomic mass is 10.2. The highest BCUT2D eigenvalue weighted by molar-refractivity contribution is 14.0. The fraction of sp³-hybridized carbons (Fsp3) is 0.389. The SMILES string of the molecule is CCNC(=NCc1ccc(OCC(F)(F)F)cc1)NCCc1ccco1.I. The first-order valence-electron chi connectivity index (χ1n) is 8.29. The van der Waals surface area contributed by atoms with Crippen LogP contribution in [0.2, 0.25) is 0 Å². The van der Waals surface area contributed by atoms with Gasteiger partial charge in [-0.15, -0.1) is 24.0 Å². The van der Waals surface area contributed by atoms with Gasteiger partial charge in [-0.05, 0) is 36.8 Å². The number of rotatable bonds is 8. The van der Waals surface area contributed by atoms with Crippen LogP contribution in [0.5, 0.6) is 5.75 Å². The number of nitrogens with one attached hydrogen (secondary N) is 2. The van der Waals surface area contributed by atoms with E-state index in [1.54, 1.807) is 18.4 Å². The summed E-state index contributed by atoms with van der Waals surface area (Å²) in [5.41, 5.74) is 0.868. The minimum atomic E-state index is -4.34. The van der Waals surface area contributed by atoms with Gasteiger partial charge in [0.2, 0.25) is 0 Å². The zero-order valence-electron chi connectivity index (χ0n) is 14.9. The van der Waals surface area contributed by atoms with Crippen LogP contribution in [0.3, 0.4) is 0 Å². The van der Waals surface area contributed by atoms with Crippen molar-refractivity contribution in [1.29, 1.82) is 0 Å². The van der Waals surface area contributed by atoms with Crippen LogP contribution >= 0.6 is 24.0 Å². The fourth-order valence-corrected chi connectivity index (χ4v) is 2.13. The quantitative estimate of drug-likeness (QED) is 0.327. The fourth-order valence-electron chi connectivity index (χ4n) is 2.13. The van der Waals surface area contributed by atoms with Gasteiger partial charge in [-0.3, -0.25) is 0 Å². The molecule has 0 aliphatic carbocycles. The molecule has 0 amide bonds. The third kappa shape index (κ3) is 9.55. The van der Waals surface area contributed by atoms with Crippen LogP contribution in [-0.2, 0) is 13.0 Å². The standard InChI is InChI=1S/C18H22F3N3O2.HI/c1-2-22-17(23-10-9-15-4-3-11-25-15)24-12-14-5-7-16(8-6-14)26-13-18(19,20)21;/h3-8,11H,2,9-10,12-13H2,1H3,(H2,22,23,24);1H. The Hall–Kier alpha value is -1.91. The highest BCUT2D eigenvalue weighted by atomic mass is 127. The number of hydrogen-bond acceptors (Lipinski definition) is 3. The highest BCUT2D eigenvalue weighted by Crippen LogP contribution is 2.19. The van der Waals surface area contributed by atoms with Gasteiger partial charge < -0.3 is 19.8 Å². The Kier molecular flexibility index (Phi) is 10.0. The number of hydrogen-bond donors (Lipinski definition) is 2. The second kappa shape index (κ2) is 11.7. The number of alkyl halides is 3. The predicted molar refractivity (Wildman–Crippen MR) is 109 cm³/mol. The molecule has 0 fully saturated rings. The summed E-state index contributed by atoms with van der Waals surface area (Å²) in [6, 6.07) is 10.2. The number of halogens is 4. The van der Waals surface area contributed by atoms with E-state index in [-0.39, 0.29) is 29.7 Å². The third-order valence-electron chi connectivity index (χ3n) is 3.33. The molecular weight excluding hydrogens is 474 g/mol. The highest BCUT2D eigenvalue weighted by Gasteiger charge is 2.28. The van der Waals surface area contributed by atoms with Crippen molar-refractivity contribution in [3.63, 3.8) is 0 Å². The first-order valence-corrected chi connectivity index (χ1v) is 8.29. The second-order valence-electron chi connectivity index (χ2n) is 5.50. The van der Waals surface area contributed by atoms with Crippen LogP contribution in [0, 0.1) is 0 Å². The Morgan fingerprint density at radius 3 is 2.48 bits per heavy atom. The predicted octanol–water partition coefficient (Wildman–Crippen LogP) is 4.14. The van der Waals surface area contributed by atoms with Gasteiger partial charge in [-0.2, -0.15) is 13.2 Å². The summed E-state index contributed by atoms with van der Waals surface area (Å²) in [6.07, 6.45) is -1.97. The summed E-state index contributed by atoms with van der Waals surface area (Å²) >= 11 is 0. The molecule has 150 valence electrons. The molecule has 5 nitrogen and oxygen atoms in total. The zero-order valence-corrected chi connectivity index (χ0v) is 17.2. The molecule has 0 saturated carbocycles. The van der Waals surface area contributed by atoms with Gasteiger partial charge in [0.05, 0.1) is 12.8 Å². The van der Waals surface area contributed by atoms with E-state index in [9.17, 15) is 13.2 Å². The first kappa shape index (κ1) is 23.1. The summed E-state index contributed by atoms with van der Waals surface area (Å²) < 4.78 is 46.4. The maximum absolute atomic E-state index is 12.1. The first-order chi connectivity index (χ1) is 12.5. The van der Waals surface area contributed by atoms with Crippen LogP contribution in [0.4, 0.5) is 13.2 Å². The lowest BCUT2D eigenvalue weighted by Crippen LogP contribution is -2.38. The molecule has 0 aliphatic heterocycles. The Labute approximate surface area is 173 Å². The number of benzene rings is 1. The Morgan fingerprint density at radius 2 is 1.89 bits per heavy atom. The van der Waals surface area contributed by atoms with Gasteiger partial charge in [0, 0.05) is 19.5 Å². The molecule has 0 aliphatic rings. The molecule has 9 heteroatoms. The number of aliphatic imine (C=N–C) groups is 1. The van der Waals surface area contributed by atoms with E-state index in [0.29, 0.717) is 19.0 Å². The van der Waals surface area contributed by atoms with Crippen molar-refractivity contribution in [3.8, 4) is 5.75 Å². The van der Waals surface area contributed by atoms with Crippen molar-refractivity contribution >= 4 is 29.9 Å². The van der Waals surface area contributed by atoms with Gasteiger partial charge in [-0.1, -0.05) is 12.1 Å². The molecule has 0 spiro atoms. The van der Waals surface area contributed by atoms with Crippen LogP contribution < -0.4 is 15.4 Å². The topological polar surface area (TPSA) is 58.8 Å². The largest absolute Gasteiger partial charge is 0.484 e. The maximum atomic E-state index is 12.1. The molecule has 2 N–H and O–H groups in total. The van der Waals surface area contributed by atoms with Crippen LogP contribution in [0.25, 0.3) is 0 Å². The average Bonchev–Trinajstić information content (AvgIpc) is 3.11. The number of guanidine groups is 1. The van der Waals surface area contributed by atoms with Crippen molar-refractivity contribution in [1.82, 2.24) is 10.6 Å². The zero-order chi connectivity index (χ0) is 18.8. The molecule has 0 radical (unpaired) electrons. The lowest BCUT2D eigenvalue weighted by molar-refractivity contribution is -0.153. The van der Waals surface area contributed by atoms with Crippen molar-refractivity contribution in [3.05, 3.63) is 54.0 Å². The maximum Gasteiger partial charge on any atom is 0.422 e. The molecule has 0 bridgehead atoms. The molecule has 0 atom stereocenters. The van der Waals surface area contributed by atoms with Gasteiger partial charge in [0.25, 0.3) is 0 Å². The summed E-state index contributed by atoms with van der Waals surface area (Å²) in [5.74, 6) is 1.73. The third-order valence-corrected chi connectivity index (χ3v) is 3.33. The number of ether oxygens (including phenoxy) is 1. The van der Waals surface area contributed by atoms with Crippen molar-refractivity contribution in [2.24, 2.45) is 4.99 Å². The van der Waals surface area contributed by atoms with Gasteiger partial charge in [-0.25, -0.2) is 4.99 Å². The Bertz CT molecular complexity index is 674. The minimum Gasteiger partial charge on any atom is -0.484 e. The molecule has 1 aromatic carbocycles. The van der Waals surface area contributed by atoms with Gasteiger partial charge >= 0.3 is 6.18 Å². The number of nitrogens with zero attached hydrogens (tertiary/aromatic N) is 1. The Morgan fingerprint density at radius 1 is 1.15 bits per heavy atom. The number of furan rings is 1. The summed E-state index contributed by atoms with van der Waals surface area (Å²) in [5, 5.41) is 6.35. The van der Waals surface area contributed by atoms with E-state index in [1.807, 2.05) is 19.1 Å². The summed E-state index contributed by atoms with van der Waals surface area (Å²) in [6.45, 7) is 2.46. The van der Waals surface area contributed by atoms with Crippen LogP contribution in [0.15, 0.2) is 52.1 Å². The van der Waals surface area contributed by atoms with Crippen molar-refractivity contribution in [2.45, 2.75) is 26.1 Å². The molecule has 1 heterocycles. The molecule has 2 rings (SSSR count). The van der Waals surface area contributed by atoms with E-state index in [2.05, 4.69) is 20.4 Å². The van der Waals surface area contributed by atoms with Crippen molar-refractivity contribution in [2.75, 3.05) is 19.7 Å². The van der Waals surface area contributed by atoms with Gasteiger partial charge in [0.1, 0.15) is 11.5 Å². The van der Waals surface area contributed by atoms with Crippen LogP contribution in [0.1, 0.15) is 18.2 Å². The van der Waals surface area contributed by atoms with E-state index in [1.165, 1.54) is 12.1 Å². The van der Waals surface area contributed by atoms with E-state index >= 15 is 0 Å². The van der Waals surface area contributed by atoms with E-state index in [4.69, 9.17) is 4.42 Å². The second-order valence-corrected chi connectivity index (χ2v) is 5.50. The summed E-state index contributed by atoms with van der Waals surface area (Å²) in [7, 11) is 0. The molecule has 0 unspecified atom stereocenters. The average molecular weight is 497 g/mol. The van der Waals surface area contributed by atoms with Gasteiger partial charge in [0.15, 0.2) is 12.6 Å². The lowest BCUT2D eigenvalue weighted by Gasteiger charge is -2.11. The molecule has 1 aromatic heterocycles. The molecular formula is C18H23F3IN3O2. The molecule has 27 heavy (non-hydrogen) atoms. The Balaban J connectivity index is 0.00000364.